The number of benzene rings is 2. The standard InChI is InChI=1S/C17H18N2O/c1-19(2)16-11-7-6-10-15(16)18-17(20)13-12-14-8-4-3-5-9-14/h3-13H,1-2H3,(H,18,20)/b13-12+. The molecule has 0 saturated heterocycles. The molecule has 1 N–H and O–H groups in total. The maximum atomic E-state index is 11.9. The van der Waals surface area contributed by atoms with Crippen LogP contribution >= 0.6 is 0 Å². The van der Waals surface area contributed by atoms with Crippen molar-refractivity contribution < 1.29 is 4.79 Å². The van der Waals surface area contributed by atoms with Gasteiger partial charge in [-0.2, -0.15) is 0 Å². The molecule has 0 bridgehead atoms. The van der Waals surface area contributed by atoms with Gasteiger partial charge in [-0.25, -0.2) is 0 Å². The fourth-order valence-corrected chi connectivity index (χ4v) is 1.88. The monoisotopic (exact) mass is 266 g/mol. The van der Waals surface area contributed by atoms with E-state index in [-0.39, 0.29) is 5.91 Å². The van der Waals surface area contributed by atoms with Crippen LogP contribution in [-0.4, -0.2) is 20.0 Å². The number of nitrogens with one attached hydrogen (secondary N) is 1. The summed E-state index contributed by atoms with van der Waals surface area (Å²) in [4.78, 5) is 13.9. The summed E-state index contributed by atoms with van der Waals surface area (Å²) in [6.07, 6.45) is 3.34. The molecule has 0 spiro atoms. The first-order valence-electron chi connectivity index (χ1n) is 6.47. The van der Waals surface area contributed by atoms with Crippen LogP contribution in [0.5, 0.6) is 0 Å². The molecule has 0 radical (unpaired) electrons. The second kappa shape index (κ2) is 6.57. The van der Waals surface area contributed by atoms with Gasteiger partial charge in [0, 0.05) is 20.2 Å². The maximum absolute atomic E-state index is 11.9. The van der Waals surface area contributed by atoms with Gasteiger partial charge in [0.05, 0.1) is 11.4 Å². The van der Waals surface area contributed by atoms with Crippen molar-refractivity contribution in [3.63, 3.8) is 0 Å². The van der Waals surface area contributed by atoms with E-state index in [4.69, 9.17) is 0 Å². The molecule has 102 valence electrons. The lowest BCUT2D eigenvalue weighted by Crippen LogP contribution is -2.14. The van der Waals surface area contributed by atoms with Gasteiger partial charge in [-0.05, 0) is 23.8 Å². The Kier molecular flexibility index (Phi) is 4.56. The SMILES string of the molecule is CN(C)c1ccccc1NC(=O)/C=C/c1ccccc1. The van der Waals surface area contributed by atoms with Crippen molar-refractivity contribution >= 4 is 23.4 Å². The normalized spacial score (nSPS) is 10.5. The smallest absolute Gasteiger partial charge is 0.248 e. The van der Waals surface area contributed by atoms with E-state index in [1.807, 2.05) is 73.6 Å². The Morgan fingerprint density at radius 3 is 2.35 bits per heavy atom. The van der Waals surface area contributed by atoms with E-state index in [0.717, 1.165) is 16.9 Å². The van der Waals surface area contributed by atoms with E-state index in [2.05, 4.69) is 5.32 Å². The van der Waals surface area contributed by atoms with Gasteiger partial charge in [0.1, 0.15) is 0 Å². The molecule has 0 saturated carbocycles. The zero-order valence-electron chi connectivity index (χ0n) is 11.7. The molecule has 0 fully saturated rings. The number of amides is 1. The van der Waals surface area contributed by atoms with Gasteiger partial charge in [-0.1, -0.05) is 42.5 Å². The predicted octanol–water partition coefficient (Wildman–Crippen LogP) is 3.40. The molecular formula is C17H18N2O. The van der Waals surface area contributed by atoms with Gasteiger partial charge in [0.2, 0.25) is 5.91 Å². The highest BCUT2D eigenvalue weighted by molar-refractivity contribution is 6.03. The summed E-state index contributed by atoms with van der Waals surface area (Å²) in [5.74, 6) is -0.136. The molecule has 0 aliphatic rings. The highest BCUT2D eigenvalue weighted by Gasteiger charge is 2.05. The summed E-state index contributed by atoms with van der Waals surface area (Å²) >= 11 is 0. The number of hydrogen-bond acceptors (Lipinski definition) is 2. The minimum absolute atomic E-state index is 0.136. The summed E-state index contributed by atoms with van der Waals surface area (Å²) in [5, 5.41) is 2.89. The number of anilines is 2. The fraction of sp³-hybridized carbons (Fsp3) is 0.118. The van der Waals surface area contributed by atoms with E-state index in [9.17, 15) is 4.79 Å². The first kappa shape index (κ1) is 13.9. The second-order valence-corrected chi connectivity index (χ2v) is 4.64. The molecule has 0 aromatic heterocycles. The van der Waals surface area contributed by atoms with Gasteiger partial charge in [0.15, 0.2) is 0 Å². The predicted molar refractivity (Wildman–Crippen MR) is 84.9 cm³/mol. The number of hydrogen-bond donors (Lipinski definition) is 1. The highest BCUT2D eigenvalue weighted by Crippen LogP contribution is 2.23. The van der Waals surface area contributed by atoms with Crippen LogP contribution in [-0.2, 0) is 4.79 Å². The number of carbonyl (C=O) groups is 1. The molecule has 0 aliphatic carbocycles. The summed E-state index contributed by atoms with van der Waals surface area (Å²) < 4.78 is 0. The lowest BCUT2D eigenvalue weighted by molar-refractivity contribution is -0.111. The molecule has 2 rings (SSSR count). The van der Waals surface area contributed by atoms with Crippen molar-refractivity contribution in [1.82, 2.24) is 0 Å². The highest BCUT2D eigenvalue weighted by atomic mass is 16.1. The van der Waals surface area contributed by atoms with Gasteiger partial charge in [-0.3, -0.25) is 4.79 Å². The van der Waals surface area contributed by atoms with E-state index in [1.54, 1.807) is 12.2 Å². The third-order valence-electron chi connectivity index (χ3n) is 2.87. The van der Waals surface area contributed by atoms with Gasteiger partial charge >= 0.3 is 0 Å². The van der Waals surface area contributed by atoms with Crippen LogP contribution in [0, 0.1) is 0 Å². The van der Waals surface area contributed by atoms with Crippen molar-refractivity contribution in [1.29, 1.82) is 0 Å². The largest absolute Gasteiger partial charge is 0.376 e. The van der Waals surface area contributed by atoms with E-state index in [1.165, 1.54) is 0 Å². The molecule has 2 aromatic rings. The molecule has 20 heavy (non-hydrogen) atoms. The Balaban J connectivity index is 2.07. The second-order valence-electron chi connectivity index (χ2n) is 4.64. The molecule has 0 unspecified atom stereocenters. The number of carbonyl (C=O) groups excluding carboxylic acids is 1. The third-order valence-corrected chi connectivity index (χ3v) is 2.87. The molecule has 1 amide bonds. The van der Waals surface area contributed by atoms with E-state index in [0.29, 0.717) is 0 Å². The summed E-state index contributed by atoms with van der Waals surface area (Å²) in [5.41, 5.74) is 2.79. The van der Waals surface area contributed by atoms with Crippen molar-refractivity contribution in [3.05, 3.63) is 66.2 Å². The van der Waals surface area contributed by atoms with Crippen molar-refractivity contribution in [2.75, 3.05) is 24.3 Å². The van der Waals surface area contributed by atoms with E-state index < -0.39 is 0 Å². The zero-order valence-corrected chi connectivity index (χ0v) is 11.7. The van der Waals surface area contributed by atoms with Crippen LogP contribution in [0.4, 0.5) is 11.4 Å². The molecule has 3 heteroatoms. The maximum Gasteiger partial charge on any atom is 0.248 e. The lowest BCUT2D eigenvalue weighted by Gasteiger charge is -2.17. The summed E-state index contributed by atoms with van der Waals surface area (Å²) in [6, 6.07) is 17.5. The van der Waals surface area contributed by atoms with Crippen LogP contribution in [0.3, 0.4) is 0 Å². The topological polar surface area (TPSA) is 32.3 Å². The van der Waals surface area contributed by atoms with Crippen LogP contribution in [0.15, 0.2) is 60.7 Å². The van der Waals surface area contributed by atoms with Crippen LogP contribution in [0.1, 0.15) is 5.56 Å². The Bertz CT molecular complexity index is 603. The molecule has 2 aromatic carbocycles. The minimum Gasteiger partial charge on any atom is -0.376 e. The Morgan fingerprint density at radius 1 is 1.00 bits per heavy atom. The average molecular weight is 266 g/mol. The molecular weight excluding hydrogens is 248 g/mol. The quantitative estimate of drug-likeness (QED) is 0.860. The number of nitrogens with zero attached hydrogens (tertiary/aromatic N) is 1. The van der Waals surface area contributed by atoms with Gasteiger partial charge in [-0.15, -0.1) is 0 Å². The van der Waals surface area contributed by atoms with Gasteiger partial charge < -0.3 is 10.2 Å². The molecule has 3 nitrogen and oxygen atoms in total. The van der Waals surface area contributed by atoms with Crippen molar-refractivity contribution in [2.24, 2.45) is 0 Å². The summed E-state index contributed by atoms with van der Waals surface area (Å²) in [7, 11) is 3.90. The number of rotatable bonds is 4. The molecule has 0 atom stereocenters. The minimum atomic E-state index is -0.136. The van der Waals surface area contributed by atoms with Crippen LogP contribution in [0.2, 0.25) is 0 Å². The zero-order chi connectivity index (χ0) is 14.4. The van der Waals surface area contributed by atoms with Crippen molar-refractivity contribution in [2.45, 2.75) is 0 Å². The Labute approximate surface area is 119 Å². The van der Waals surface area contributed by atoms with E-state index >= 15 is 0 Å². The van der Waals surface area contributed by atoms with Crippen LogP contribution in [0.25, 0.3) is 6.08 Å². The summed E-state index contributed by atoms with van der Waals surface area (Å²) in [6.45, 7) is 0. The average Bonchev–Trinajstić information content (AvgIpc) is 2.46. The lowest BCUT2D eigenvalue weighted by atomic mass is 10.2. The third kappa shape index (κ3) is 3.72. The van der Waals surface area contributed by atoms with Gasteiger partial charge in [0.25, 0.3) is 0 Å². The Hall–Kier alpha value is -2.55. The molecule has 0 heterocycles. The first-order chi connectivity index (χ1) is 9.66. The Morgan fingerprint density at radius 2 is 1.65 bits per heavy atom. The first-order valence-corrected chi connectivity index (χ1v) is 6.47. The number of para-hydroxylation sites is 2. The fourth-order valence-electron chi connectivity index (χ4n) is 1.88. The van der Waals surface area contributed by atoms with Crippen molar-refractivity contribution in [3.8, 4) is 0 Å². The van der Waals surface area contributed by atoms with Crippen LogP contribution < -0.4 is 10.2 Å². The molecule has 0 aliphatic heterocycles.